The molecule has 0 aliphatic carbocycles. The van der Waals surface area contributed by atoms with Gasteiger partial charge in [0.25, 0.3) is 0 Å². The summed E-state index contributed by atoms with van der Waals surface area (Å²) < 4.78 is 1.76. The summed E-state index contributed by atoms with van der Waals surface area (Å²) in [4.78, 5) is 4.21. The Morgan fingerprint density at radius 1 is 1.00 bits per heavy atom. The van der Waals surface area contributed by atoms with Gasteiger partial charge in [0.2, 0.25) is 0 Å². The molecule has 0 bridgehead atoms. The standard InChI is InChI=1S/C15H30N4/c1-3-4-5-6-7-8-9-10-12-16-13-11-15-17-14-19(2)18-15/h14,16H,3-13H2,1-2H3. The van der Waals surface area contributed by atoms with E-state index in [-0.39, 0.29) is 0 Å². The molecule has 0 aliphatic rings. The van der Waals surface area contributed by atoms with E-state index in [2.05, 4.69) is 22.3 Å². The van der Waals surface area contributed by atoms with Crippen LogP contribution in [0.5, 0.6) is 0 Å². The summed E-state index contributed by atoms with van der Waals surface area (Å²) in [5.41, 5.74) is 0. The molecule has 0 unspecified atom stereocenters. The van der Waals surface area contributed by atoms with Crippen molar-refractivity contribution in [1.29, 1.82) is 0 Å². The van der Waals surface area contributed by atoms with Crippen molar-refractivity contribution < 1.29 is 0 Å². The highest BCUT2D eigenvalue weighted by molar-refractivity contribution is 4.81. The Morgan fingerprint density at radius 2 is 1.68 bits per heavy atom. The van der Waals surface area contributed by atoms with E-state index in [1.54, 1.807) is 11.0 Å². The molecule has 1 aromatic heterocycles. The summed E-state index contributed by atoms with van der Waals surface area (Å²) in [6.45, 7) is 4.38. The molecule has 0 aromatic carbocycles. The van der Waals surface area contributed by atoms with E-state index >= 15 is 0 Å². The third kappa shape index (κ3) is 8.76. The Labute approximate surface area is 118 Å². The summed E-state index contributed by atoms with van der Waals surface area (Å²) in [5, 5.41) is 7.72. The van der Waals surface area contributed by atoms with E-state index in [0.717, 1.165) is 25.3 Å². The van der Waals surface area contributed by atoms with E-state index in [1.165, 1.54) is 51.4 Å². The van der Waals surface area contributed by atoms with Crippen LogP contribution in [-0.2, 0) is 13.5 Å². The number of nitrogens with one attached hydrogen (secondary N) is 1. The largest absolute Gasteiger partial charge is 0.316 e. The van der Waals surface area contributed by atoms with Gasteiger partial charge in [0, 0.05) is 20.0 Å². The van der Waals surface area contributed by atoms with Crippen LogP contribution in [0.1, 0.15) is 64.1 Å². The Hall–Kier alpha value is -0.900. The van der Waals surface area contributed by atoms with Gasteiger partial charge in [0.1, 0.15) is 6.33 Å². The summed E-state index contributed by atoms with van der Waals surface area (Å²) >= 11 is 0. The van der Waals surface area contributed by atoms with E-state index < -0.39 is 0 Å². The summed E-state index contributed by atoms with van der Waals surface area (Å²) in [6, 6.07) is 0. The van der Waals surface area contributed by atoms with Crippen LogP contribution in [0.15, 0.2) is 6.33 Å². The average Bonchev–Trinajstić information content (AvgIpc) is 2.82. The van der Waals surface area contributed by atoms with Gasteiger partial charge in [0.15, 0.2) is 5.82 Å². The van der Waals surface area contributed by atoms with Gasteiger partial charge in [-0.1, -0.05) is 51.9 Å². The highest BCUT2D eigenvalue weighted by Gasteiger charge is 1.97. The fraction of sp³-hybridized carbons (Fsp3) is 0.867. The first-order chi connectivity index (χ1) is 9.33. The molecule has 4 heteroatoms. The fourth-order valence-electron chi connectivity index (χ4n) is 2.21. The van der Waals surface area contributed by atoms with E-state index in [4.69, 9.17) is 0 Å². The average molecular weight is 266 g/mol. The molecule has 0 atom stereocenters. The molecule has 1 heterocycles. The van der Waals surface area contributed by atoms with Crippen LogP contribution in [0.2, 0.25) is 0 Å². The molecule has 1 rings (SSSR count). The topological polar surface area (TPSA) is 42.7 Å². The number of nitrogens with zero attached hydrogens (tertiary/aromatic N) is 3. The zero-order valence-corrected chi connectivity index (χ0v) is 12.7. The maximum absolute atomic E-state index is 4.26. The molecule has 4 nitrogen and oxygen atoms in total. The lowest BCUT2D eigenvalue weighted by molar-refractivity contribution is 0.554. The zero-order chi connectivity index (χ0) is 13.8. The first-order valence-corrected chi connectivity index (χ1v) is 7.88. The van der Waals surface area contributed by atoms with Gasteiger partial charge in [-0.15, -0.1) is 0 Å². The van der Waals surface area contributed by atoms with Gasteiger partial charge in [-0.05, 0) is 13.0 Å². The molecule has 0 radical (unpaired) electrons. The highest BCUT2D eigenvalue weighted by atomic mass is 15.3. The van der Waals surface area contributed by atoms with Crippen LogP contribution >= 0.6 is 0 Å². The van der Waals surface area contributed by atoms with Crippen molar-refractivity contribution in [3.05, 3.63) is 12.2 Å². The Morgan fingerprint density at radius 3 is 2.32 bits per heavy atom. The van der Waals surface area contributed by atoms with Crippen LogP contribution in [0.25, 0.3) is 0 Å². The molecular weight excluding hydrogens is 236 g/mol. The van der Waals surface area contributed by atoms with Crippen LogP contribution in [0.4, 0.5) is 0 Å². The van der Waals surface area contributed by atoms with E-state index in [9.17, 15) is 0 Å². The van der Waals surface area contributed by atoms with Crippen molar-refractivity contribution in [3.63, 3.8) is 0 Å². The molecule has 0 amide bonds. The SMILES string of the molecule is CCCCCCCCCCNCCc1ncn(C)n1. The van der Waals surface area contributed by atoms with Gasteiger partial charge in [-0.3, -0.25) is 4.68 Å². The molecule has 0 saturated carbocycles. The van der Waals surface area contributed by atoms with Crippen molar-refractivity contribution in [1.82, 2.24) is 20.1 Å². The van der Waals surface area contributed by atoms with E-state index in [0.29, 0.717) is 0 Å². The predicted octanol–water partition coefficient (Wildman–Crippen LogP) is 3.09. The molecular formula is C15H30N4. The van der Waals surface area contributed by atoms with Gasteiger partial charge in [0.05, 0.1) is 0 Å². The number of hydrogen-bond acceptors (Lipinski definition) is 3. The van der Waals surface area contributed by atoms with Crippen LogP contribution < -0.4 is 5.32 Å². The minimum Gasteiger partial charge on any atom is -0.316 e. The summed E-state index contributed by atoms with van der Waals surface area (Å²) in [6.07, 6.45) is 13.7. The molecule has 0 aliphatic heterocycles. The lowest BCUT2D eigenvalue weighted by Crippen LogP contribution is -2.19. The fourth-order valence-corrected chi connectivity index (χ4v) is 2.21. The number of rotatable bonds is 12. The highest BCUT2D eigenvalue weighted by Crippen LogP contribution is 2.07. The first kappa shape index (κ1) is 16.2. The molecule has 110 valence electrons. The van der Waals surface area contributed by atoms with Gasteiger partial charge in [-0.2, -0.15) is 5.10 Å². The van der Waals surface area contributed by atoms with Crippen LogP contribution in [0.3, 0.4) is 0 Å². The predicted molar refractivity (Wildman–Crippen MR) is 80.2 cm³/mol. The lowest BCUT2D eigenvalue weighted by Gasteiger charge is -2.03. The van der Waals surface area contributed by atoms with Crippen molar-refractivity contribution in [2.24, 2.45) is 7.05 Å². The second-order valence-corrected chi connectivity index (χ2v) is 5.31. The van der Waals surface area contributed by atoms with Crippen molar-refractivity contribution in [3.8, 4) is 0 Å². The second kappa shape index (κ2) is 11.0. The minimum absolute atomic E-state index is 0.928. The monoisotopic (exact) mass is 266 g/mol. The third-order valence-electron chi connectivity index (χ3n) is 3.38. The van der Waals surface area contributed by atoms with Crippen LogP contribution in [0, 0.1) is 0 Å². The normalized spacial score (nSPS) is 11.1. The van der Waals surface area contributed by atoms with Crippen molar-refractivity contribution in [2.75, 3.05) is 13.1 Å². The van der Waals surface area contributed by atoms with E-state index in [1.807, 2.05) is 7.05 Å². The number of aromatic nitrogens is 3. The maximum Gasteiger partial charge on any atom is 0.151 e. The second-order valence-electron chi connectivity index (χ2n) is 5.31. The third-order valence-corrected chi connectivity index (χ3v) is 3.38. The van der Waals surface area contributed by atoms with Gasteiger partial charge < -0.3 is 5.32 Å². The molecule has 0 saturated heterocycles. The lowest BCUT2D eigenvalue weighted by atomic mass is 10.1. The van der Waals surface area contributed by atoms with Crippen molar-refractivity contribution >= 4 is 0 Å². The zero-order valence-electron chi connectivity index (χ0n) is 12.7. The smallest absolute Gasteiger partial charge is 0.151 e. The van der Waals surface area contributed by atoms with Gasteiger partial charge in [-0.25, -0.2) is 4.98 Å². The Kier molecular flexibility index (Phi) is 9.33. The first-order valence-electron chi connectivity index (χ1n) is 7.88. The van der Waals surface area contributed by atoms with Crippen LogP contribution in [-0.4, -0.2) is 27.9 Å². The molecule has 0 spiro atoms. The van der Waals surface area contributed by atoms with Crippen molar-refractivity contribution in [2.45, 2.75) is 64.7 Å². The molecule has 1 N–H and O–H groups in total. The number of aryl methyl sites for hydroxylation is 1. The minimum atomic E-state index is 0.928. The molecule has 19 heavy (non-hydrogen) atoms. The number of unbranched alkanes of at least 4 members (excludes halogenated alkanes) is 7. The van der Waals surface area contributed by atoms with Gasteiger partial charge >= 0.3 is 0 Å². The number of hydrogen-bond donors (Lipinski definition) is 1. The molecule has 1 aromatic rings. The summed E-state index contributed by atoms with van der Waals surface area (Å²) in [7, 11) is 1.91. The Bertz CT molecular complexity index is 309. The molecule has 0 fully saturated rings. The summed E-state index contributed by atoms with van der Waals surface area (Å²) in [5.74, 6) is 0.936. The Balaban J connectivity index is 1.79. The quantitative estimate of drug-likeness (QED) is 0.591. The maximum atomic E-state index is 4.26.